The number of nitrogens with two attached hydrogens (primary N) is 1. The van der Waals surface area contributed by atoms with Gasteiger partial charge in [-0.2, -0.15) is 0 Å². The smallest absolute Gasteiger partial charge is 0.165 e. The van der Waals surface area contributed by atoms with E-state index in [2.05, 4.69) is 5.32 Å². The van der Waals surface area contributed by atoms with Gasteiger partial charge in [0.15, 0.2) is 11.6 Å². The van der Waals surface area contributed by atoms with Crippen LogP contribution in [0.25, 0.3) is 0 Å². The number of benzene rings is 1. The SMILES string of the molecule is CNCCCC(N)c1cc(F)c(OC)cc1F. The van der Waals surface area contributed by atoms with Gasteiger partial charge in [-0.3, -0.25) is 0 Å². The lowest BCUT2D eigenvalue weighted by Crippen LogP contribution is -2.16. The summed E-state index contributed by atoms with van der Waals surface area (Å²) in [5.74, 6) is -1.22. The second-order valence-corrected chi connectivity index (χ2v) is 3.86. The summed E-state index contributed by atoms with van der Waals surface area (Å²) in [6, 6.07) is 1.64. The lowest BCUT2D eigenvalue weighted by atomic mass is 10.0. The molecule has 0 spiro atoms. The van der Waals surface area contributed by atoms with E-state index in [1.54, 1.807) is 0 Å². The summed E-state index contributed by atoms with van der Waals surface area (Å²) in [6.45, 7) is 0.800. The average molecular weight is 244 g/mol. The maximum atomic E-state index is 13.6. The van der Waals surface area contributed by atoms with Crippen LogP contribution in [0.2, 0.25) is 0 Å². The summed E-state index contributed by atoms with van der Waals surface area (Å²) in [4.78, 5) is 0. The van der Waals surface area contributed by atoms with Gasteiger partial charge in [0.1, 0.15) is 5.82 Å². The molecule has 0 aliphatic heterocycles. The van der Waals surface area contributed by atoms with Gasteiger partial charge in [0.05, 0.1) is 7.11 Å². The maximum absolute atomic E-state index is 13.6. The lowest BCUT2D eigenvalue weighted by molar-refractivity contribution is 0.380. The third kappa shape index (κ3) is 3.64. The summed E-state index contributed by atoms with van der Waals surface area (Å²) in [5.41, 5.74) is 6.02. The van der Waals surface area contributed by atoms with E-state index in [1.165, 1.54) is 7.11 Å². The molecule has 0 aliphatic carbocycles. The van der Waals surface area contributed by atoms with E-state index in [0.717, 1.165) is 25.1 Å². The lowest BCUT2D eigenvalue weighted by Gasteiger charge is -2.14. The van der Waals surface area contributed by atoms with Gasteiger partial charge in [-0.05, 0) is 32.5 Å². The second-order valence-electron chi connectivity index (χ2n) is 3.86. The predicted octanol–water partition coefficient (Wildman–Crippen LogP) is 1.97. The van der Waals surface area contributed by atoms with Gasteiger partial charge >= 0.3 is 0 Å². The van der Waals surface area contributed by atoms with Crippen molar-refractivity contribution in [2.45, 2.75) is 18.9 Å². The van der Waals surface area contributed by atoms with E-state index in [-0.39, 0.29) is 11.3 Å². The molecule has 0 bridgehead atoms. The Bertz CT molecular complexity index is 372. The van der Waals surface area contributed by atoms with Gasteiger partial charge in [0.2, 0.25) is 0 Å². The van der Waals surface area contributed by atoms with Crippen LogP contribution in [-0.4, -0.2) is 20.7 Å². The van der Waals surface area contributed by atoms with Gasteiger partial charge in [0.25, 0.3) is 0 Å². The zero-order valence-electron chi connectivity index (χ0n) is 10.1. The summed E-state index contributed by atoms with van der Waals surface area (Å²) in [6.07, 6.45) is 1.41. The molecule has 1 rings (SSSR count). The molecule has 0 aromatic heterocycles. The summed E-state index contributed by atoms with van der Waals surface area (Å²) in [7, 11) is 3.13. The Labute approximate surface area is 100.0 Å². The Morgan fingerprint density at radius 1 is 1.35 bits per heavy atom. The van der Waals surface area contributed by atoms with Crippen molar-refractivity contribution in [3.05, 3.63) is 29.3 Å². The molecule has 3 N–H and O–H groups in total. The Morgan fingerprint density at radius 3 is 2.65 bits per heavy atom. The highest BCUT2D eigenvalue weighted by Crippen LogP contribution is 2.26. The minimum absolute atomic E-state index is 0.103. The largest absolute Gasteiger partial charge is 0.494 e. The zero-order valence-corrected chi connectivity index (χ0v) is 10.1. The van der Waals surface area contributed by atoms with Crippen LogP contribution in [0.4, 0.5) is 8.78 Å². The van der Waals surface area contributed by atoms with Crippen molar-refractivity contribution in [2.24, 2.45) is 5.73 Å². The average Bonchev–Trinajstić information content (AvgIpc) is 2.31. The fraction of sp³-hybridized carbons (Fsp3) is 0.500. The van der Waals surface area contributed by atoms with Crippen LogP contribution in [0.3, 0.4) is 0 Å². The van der Waals surface area contributed by atoms with Crippen LogP contribution in [0.15, 0.2) is 12.1 Å². The van der Waals surface area contributed by atoms with Gasteiger partial charge < -0.3 is 15.8 Å². The summed E-state index contributed by atoms with van der Waals surface area (Å²) < 4.78 is 31.7. The number of hydrogen-bond donors (Lipinski definition) is 2. The minimum atomic E-state index is -0.590. The van der Waals surface area contributed by atoms with Crippen molar-refractivity contribution < 1.29 is 13.5 Å². The van der Waals surface area contributed by atoms with Crippen molar-refractivity contribution in [1.29, 1.82) is 0 Å². The Kier molecular flexibility index (Phi) is 5.31. The van der Waals surface area contributed by atoms with Crippen molar-refractivity contribution in [1.82, 2.24) is 5.32 Å². The first-order valence-electron chi connectivity index (χ1n) is 5.53. The van der Waals surface area contributed by atoms with Crippen molar-refractivity contribution >= 4 is 0 Å². The number of ether oxygens (including phenoxy) is 1. The first-order valence-corrected chi connectivity index (χ1v) is 5.53. The van der Waals surface area contributed by atoms with Crippen LogP contribution < -0.4 is 15.8 Å². The summed E-state index contributed by atoms with van der Waals surface area (Å²) in [5, 5.41) is 2.98. The molecule has 96 valence electrons. The second kappa shape index (κ2) is 6.51. The normalized spacial score (nSPS) is 12.5. The van der Waals surface area contributed by atoms with Crippen molar-refractivity contribution in [3.63, 3.8) is 0 Å². The fourth-order valence-electron chi connectivity index (χ4n) is 1.64. The van der Waals surface area contributed by atoms with Crippen molar-refractivity contribution in [3.8, 4) is 5.75 Å². The fourth-order valence-corrected chi connectivity index (χ4v) is 1.64. The monoisotopic (exact) mass is 244 g/mol. The van der Waals surface area contributed by atoms with E-state index in [4.69, 9.17) is 10.5 Å². The van der Waals surface area contributed by atoms with Crippen LogP contribution in [0.5, 0.6) is 5.75 Å². The summed E-state index contributed by atoms with van der Waals surface area (Å²) >= 11 is 0. The maximum Gasteiger partial charge on any atom is 0.165 e. The molecule has 1 unspecified atom stereocenters. The molecule has 0 amide bonds. The minimum Gasteiger partial charge on any atom is -0.494 e. The number of halogens is 2. The molecule has 1 aromatic carbocycles. The zero-order chi connectivity index (χ0) is 12.8. The topological polar surface area (TPSA) is 47.3 Å². The Balaban J connectivity index is 2.79. The van der Waals surface area contributed by atoms with E-state index >= 15 is 0 Å². The molecule has 0 radical (unpaired) electrons. The number of rotatable bonds is 6. The highest BCUT2D eigenvalue weighted by Gasteiger charge is 2.15. The predicted molar refractivity (Wildman–Crippen MR) is 63.0 cm³/mol. The molecule has 17 heavy (non-hydrogen) atoms. The molecule has 0 fully saturated rings. The van der Waals surface area contributed by atoms with E-state index in [1.807, 2.05) is 7.05 Å². The molecular weight excluding hydrogens is 226 g/mol. The third-order valence-electron chi connectivity index (χ3n) is 2.61. The molecule has 0 heterocycles. The molecule has 5 heteroatoms. The van der Waals surface area contributed by atoms with Gasteiger partial charge in [-0.15, -0.1) is 0 Å². The quantitative estimate of drug-likeness (QED) is 0.752. The standard InChI is InChI=1S/C12H18F2N2O/c1-16-5-3-4-11(15)8-6-10(14)12(17-2)7-9(8)13/h6-7,11,16H,3-5,15H2,1-2H3. The van der Waals surface area contributed by atoms with Gasteiger partial charge in [-0.1, -0.05) is 0 Å². The van der Waals surface area contributed by atoms with Crippen LogP contribution in [0.1, 0.15) is 24.4 Å². The van der Waals surface area contributed by atoms with Crippen LogP contribution >= 0.6 is 0 Å². The molecular formula is C12H18F2N2O. The molecule has 3 nitrogen and oxygen atoms in total. The van der Waals surface area contributed by atoms with Gasteiger partial charge in [-0.25, -0.2) is 8.78 Å². The molecule has 0 saturated heterocycles. The van der Waals surface area contributed by atoms with E-state index in [0.29, 0.717) is 6.42 Å². The van der Waals surface area contributed by atoms with Crippen molar-refractivity contribution in [2.75, 3.05) is 20.7 Å². The Morgan fingerprint density at radius 2 is 2.06 bits per heavy atom. The number of hydrogen-bond acceptors (Lipinski definition) is 3. The molecule has 0 aliphatic rings. The van der Waals surface area contributed by atoms with Crippen LogP contribution in [0, 0.1) is 11.6 Å². The Hall–Kier alpha value is -1.20. The highest BCUT2D eigenvalue weighted by molar-refractivity contribution is 5.32. The van der Waals surface area contributed by atoms with E-state index in [9.17, 15) is 8.78 Å². The first kappa shape index (κ1) is 13.9. The van der Waals surface area contributed by atoms with E-state index < -0.39 is 17.7 Å². The first-order chi connectivity index (χ1) is 8.10. The van der Waals surface area contributed by atoms with Crippen LogP contribution in [-0.2, 0) is 0 Å². The number of nitrogens with one attached hydrogen (secondary N) is 1. The third-order valence-corrected chi connectivity index (χ3v) is 2.61. The molecule has 1 atom stereocenters. The molecule has 1 aromatic rings. The highest BCUT2D eigenvalue weighted by atomic mass is 19.1. The number of methoxy groups -OCH3 is 1. The van der Waals surface area contributed by atoms with Gasteiger partial charge in [0, 0.05) is 17.7 Å². The molecule has 0 saturated carbocycles.